The molecule has 0 spiro atoms. The fraction of sp³-hybridized carbons (Fsp3) is 0.500. The van der Waals surface area contributed by atoms with E-state index in [1.165, 1.54) is 31.9 Å². The van der Waals surface area contributed by atoms with Crippen LogP contribution in [0.3, 0.4) is 0 Å². The lowest BCUT2D eigenvalue weighted by atomic mass is 10.1. The Hall–Kier alpha value is -1.62. The van der Waals surface area contributed by atoms with Crippen molar-refractivity contribution in [3.63, 3.8) is 0 Å². The van der Waals surface area contributed by atoms with E-state index in [9.17, 15) is 14.3 Å². The summed E-state index contributed by atoms with van der Waals surface area (Å²) in [5.41, 5.74) is -0.617. The SMILES string of the molecule is COc1ccc(CCN(C)C(=O)C(C)(C)O)cc1F. The van der Waals surface area contributed by atoms with E-state index in [1.54, 1.807) is 19.2 Å². The molecule has 19 heavy (non-hydrogen) atoms. The van der Waals surface area contributed by atoms with Crippen LogP contribution < -0.4 is 4.74 Å². The maximum absolute atomic E-state index is 13.5. The smallest absolute Gasteiger partial charge is 0.253 e. The van der Waals surface area contributed by atoms with E-state index >= 15 is 0 Å². The molecule has 4 nitrogen and oxygen atoms in total. The van der Waals surface area contributed by atoms with Crippen LogP contribution in [0.15, 0.2) is 18.2 Å². The first-order valence-corrected chi connectivity index (χ1v) is 6.06. The maximum atomic E-state index is 13.5. The summed E-state index contributed by atoms with van der Waals surface area (Å²) in [6.45, 7) is 3.30. The largest absolute Gasteiger partial charge is 0.494 e. The van der Waals surface area contributed by atoms with E-state index in [-0.39, 0.29) is 11.7 Å². The van der Waals surface area contributed by atoms with Crippen LogP contribution in [0.5, 0.6) is 5.75 Å². The van der Waals surface area contributed by atoms with Crippen LogP contribution in [0.25, 0.3) is 0 Å². The summed E-state index contributed by atoms with van der Waals surface area (Å²) in [5, 5.41) is 9.60. The number of aliphatic hydroxyl groups is 1. The van der Waals surface area contributed by atoms with Crippen molar-refractivity contribution < 1.29 is 19.0 Å². The highest BCUT2D eigenvalue weighted by Crippen LogP contribution is 2.18. The first-order valence-electron chi connectivity index (χ1n) is 6.06. The van der Waals surface area contributed by atoms with Gasteiger partial charge in [0.2, 0.25) is 0 Å². The van der Waals surface area contributed by atoms with E-state index in [4.69, 9.17) is 4.74 Å². The maximum Gasteiger partial charge on any atom is 0.253 e. The van der Waals surface area contributed by atoms with Crippen LogP contribution >= 0.6 is 0 Å². The summed E-state index contributed by atoms with van der Waals surface area (Å²) in [7, 11) is 3.02. The van der Waals surface area contributed by atoms with Crippen molar-refractivity contribution in [3.8, 4) is 5.75 Å². The summed E-state index contributed by atoms with van der Waals surface area (Å²) < 4.78 is 18.3. The zero-order chi connectivity index (χ0) is 14.6. The summed E-state index contributed by atoms with van der Waals surface area (Å²) in [6, 6.07) is 4.70. The van der Waals surface area contributed by atoms with Crippen LogP contribution in [-0.2, 0) is 11.2 Å². The number of hydrogen-bond donors (Lipinski definition) is 1. The quantitative estimate of drug-likeness (QED) is 0.883. The Balaban J connectivity index is 2.62. The number of carbonyl (C=O) groups is 1. The van der Waals surface area contributed by atoms with Gasteiger partial charge in [0.1, 0.15) is 5.60 Å². The van der Waals surface area contributed by atoms with Crippen LogP contribution in [0.4, 0.5) is 4.39 Å². The molecular weight excluding hydrogens is 249 g/mol. The van der Waals surface area contributed by atoms with Gasteiger partial charge in [-0.1, -0.05) is 6.07 Å². The molecule has 0 saturated carbocycles. The lowest BCUT2D eigenvalue weighted by Crippen LogP contribution is -2.43. The van der Waals surface area contributed by atoms with Gasteiger partial charge in [-0.15, -0.1) is 0 Å². The predicted octanol–water partition coefficient (Wildman–Crippen LogP) is 1.61. The third-order valence-corrected chi connectivity index (χ3v) is 2.82. The van der Waals surface area contributed by atoms with Gasteiger partial charge in [0.25, 0.3) is 5.91 Å². The van der Waals surface area contributed by atoms with Crippen LogP contribution in [-0.4, -0.2) is 42.2 Å². The molecule has 1 N–H and O–H groups in total. The third kappa shape index (κ3) is 4.21. The molecule has 1 rings (SSSR count). The Morgan fingerprint density at radius 1 is 1.47 bits per heavy atom. The highest BCUT2D eigenvalue weighted by molar-refractivity contribution is 5.83. The van der Waals surface area contributed by atoms with E-state index in [0.717, 1.165) is 5.56 Å². The molecule has 0 aliphatic heterocycles. The number of benzene rings is 1. The first-order chi connectivity index (χ1) is 8.75. The molecule has 0 unspecified atom stereocenters. The minimum Gasteiger partial charge on any atom is -0.494 e. The summed E-state index contributed by atoms with van der Waals surface area (Å²) in [4.78, 5) is 13.2. The average Bonchev–Trinajstić information content (AvgIpc) is 2.34. The number of hydrogen-bond acceptors (Lipinski definition) is 3. The molecule has 0 atom stereocenters. The van der Waals surface area contributed by atoms with Gasteiger partial charge in [-0.25, -0.2) is 4.39 Å². The van der Waals surface area contributed by atoms with Crippen LogP contribution in [0, 0.1) is 5.82 Å². The molecule has 0 aliphatic carbocycles. The fourth-order valence-corrected chi connectivity index (χ4v) is 1.73. The molecule has 0 radical (unpaired) electrons. The zero-order valence-corrected chi connectivity index (χ0v) is 11.7. The fourth-order valence-electron chi connectivity index (χ4n) is 1.73. The second kappa shape index (κ2) is 6.02. The van der Waals surface area contributed by atoms with Gasteiger partial charge in [0.15, 0.2) is 11.6 Å². The van der Waals surface area contributed by atoms with Crippen molar-refractivity contribution in [2.24, 2.45) is 0 Å². The minimum absolute atomic E-state index is 0.199. The second-order valence-corrected chi connectivity index (χ2v) is 5.00. The van der Waals surface area contributed by atoms with Gasteiger partial charge >= 0.3 is 0 Å². The molecular formula is C14H20FNO3. The Labute approximate surface area is 112 Å². The van der Waals surface area contributed by atoms with Crippen LogP contribution in [0.1, 0.15) is 19.4 Å². The van der Waals surface area contributed by atoms with Crippen molar-refractivity contribution in [2.45, 2.75) is 25.9 Å². The van der Waals surface area contributed by atoms with Gasteiger partial charge in [-0.2, -0.15) is 0 Å². The number of likely N-dealkylation sites (N-methyl/N-ethyl adjacent to an activating group) is 1. The van der Waals surface area contributed by atoms with E-state index in [0.29, 0.717) is 13.0 Å². The molecule has 1 aromatic carbocycles. The van der Waals surface area contributed by atoms with Gasteiger partial charge in [-0.05, 0) is 38.0 Å². The number of carbonyl (C=O) groups excluding carboxylic acids is 1. The number of nitrogens with zero attached hydrogens (tertiary/aromatic N) is 1. The molecule has 5 heteroatoms. The van der Waals surface area contributed by atoms with Gasteiger partial charge in [0, 0.05) is 13.6 Å². The summed E-state index contributed by atoms with van der Waals surface area (Å²) in [5.74, 6) is -0.581. The molecule has 0 aliphatic rings. The minimum atomic E-state index is -1.39. The topological polar surface area (TPSA) is 49.8 Å². The van der Waals surface area contributed by atoms with E-state index in [1.807, 2.05) is 0 Å². The Bertz CT molecular complexity index is 454. The van der Waals surface area contributed by atoms with Crippen LogP contribution in [0.2, 0.25) is 0 Å². The third-order valence-electron chi connectivity index (χ3n) is 2.82. The zero-order valence-electron chi connectivity index (χ0n) is 11.7. The van der Waals surface area contributed by atoms with Crippen molar-refractivity contribution in [2.75, 3.05) is 20.7 Å². The van der Waals surface area contributed by atoms with Crippen molar-refractivity contribution >= 4 is 5.91 Å². The molecule has 1 aromatic rings. The van der Waals surface area contributed by atoms with Crippen molar-refractivity contribution in [1.29, 1.82) is 0 Å². The number of ether oxygens (including phenoxy) is 1. The van der Waals surface area contributed by atoms with E-state index in [2.05, 4.69) is 0 Å². The first kappa shape index (κ1) is 15.4. The molecule has 106 valence electrons. The molecule has 0 heterocycles. The Kier molecular flexibility index (Phi) is 4.89. The summed E-state index contributed by atoms with van der Waals surface area (Å²) >= 11 is 0. The highest BCUT2D eigenvalue weighted by Gasteiger charge is 2.26. The average molecular weight is 269 g/mol. The summed E-state index contributed by atoms with van der Waals surface area (Å²) in [6.07, 6.45) is 0.513. The number of rotatable bonds is 5. The predicted molar refractivity (Wildman–Crippen MR) is 70.6 cm³/mol. The second-order valence-electron chi connectivity index (χ2n) is 5.00. The molecule has 0 bridgehead atoms. The van der Waals surface area contributed by atoms with Gasteiger partial charge in [-0.3, -0.25) is 4.79 Å². The molecule has 0 fully saturated rings. The van der Waals surface area contributed by atoms with Gasteiger partial charge < -0.3 is 14.7 Å². The number of methoxy groups -OCH3 is 1. The Morgan fingerprint density at radius 3 is 2.58 bits per heavy atom. The highest BCUT2D eigenvalue weighted by atomic mass is 19.1. The van der Waals surface area contributed by atoms with Gasteiger partial charge in [0.05, 0.1) is 7.11 Å². The Morgan fingerprint density at radius 2 is 2.11 bits per heavy atom. The molecule has 1 amide bonds. The van der Waals surface area contributed by atoms with E-state index < -0.39 is 11.4 Å². The molecule has 0 aromatic heterocycles. The molecule has 0 saturated heterocycles. The lowest BCUT2D eigenvalue weighted by molar-refractivity contribution is -0.146. The van der Waals surface area contributed by atoms with Crippen molar-refractivity contribution in [1.82, 2.24) is 4.90 Å². The van der Waals surface area contributed by atoms with Crippen molar-refractivity contribution in [3.05, 3.63) is 29.6 Å². The standard InChI is InChI=1S/C14H20FNO3/c1-14(2,18)13(17)16(3)8-7-10-5-6-12(19-4)11(15)9-10/h5-6,9,18H,7-8H2,1-4H3. The monoisotopic (exact) mass is 269 g/mol. The number of amides is 1. The lowest BCUT2D eigenvalue weighted by Gasteiger charge is -2.24. The normalized spacial score (nSPS) is 11.3. The number of halogens is 1.